The van der Waals surface area contributed by atoms with E-state index in [1.165, 1.54) is 6.08 Å². The topological polar surface area (TPSA) is 170 Å². The predicted molar refractivity (Wildman–Crippen MR) is 159 cm³/mol. The van der Waals surface area contributed by atoms with E-state index in [1.807, 2.05) is 45.9 Å². The van der Waals surface area contributed by atoms with Crippen molar-refractivity contribution in [3.63, 3.8) is 0 Å². The maximum absolute atomic E-state index is 12.3. The Labute approximate surface area is 249 Å². The first-order chi connectivity index (χ1) is 20.4. The Morgan fingerprint density at radius 2 is 1.56 bits per heavy atom. The van der Waals surface area contributed by atoms with Crippen molar-refractivity contribution in [3.8, 4) is 0 Å². The summed E-state index contributed by atoms with van der Waals surface area (Å²) in [4.78, 5) is 58.2. The lowest BCUT2D eigenvalue weighted by atomic mass is 10.00. The van der Waals surface area contributed by atoms with Crippen molar-refractivity contribution in [1.82, 2.24) is 15.3 Å². The number of allylic oxidation sites excluding steroid dienone is 3. The summed E-state index contributed by atoms with van der Waals surface area (Å²) in [6.45, 7) is 12.9. The van der Waals surface area contributed by atoms with Crippen molar-refractivity contribution < 1.29 is 29.4 Å². The Kier molecular flexibility index (Phi) is 8.99. The molecule has 0 radical (unpaired) electrons. The summed E-state index contributed by atoms with van der Waals surface area (Å²) in [5.41, 5.74) is 7.53. The third-order valence-electron chi connectivity index (χ3n) is 8.10. The SMILES string of the molecule is C=CC1=C(C)C(/C=c2/[nH]/c(=C\c3[nH]c(/C=C4\NC(=O)C(C)\C4=C/C)c(C)c3CCC(=O)[O-])c(CCC(=O)[O-])c2C)=NC1=O. The number of carbonyl (C=O) groups excluding carboxylic acids is 4. The van der Waals surface area contributed by atoms with Crippen molar-refractivity contribution in [3.05, 3.63) is 85.5 Å². The number of amides is 2. The Hall–Kier alpha value is -4.99. The number of nitrogens with one attached hydrogen (secondary N) is 3. The van der Waals surface area contributed by atoms with E-state index in [1.54, 1.807) is 13.0 Å². The van der Waals surface area contributed by atoms with Crippen LogP contribution in [0.4, 0.5) is 0 Å². The molecule has 43 heavy (non-hydrogen) atoms. The smallest absolute Gasteiger partial charge is 0.277 e. The van der Waals surface area contributed by atoms with Gasteiger partial charge in [0.25, 0.3) is 5.91 Å². The second-order valence-corrected chi connectivity index (χ2v) is 10.7. The molecule has 1 unspecified atom stereocenters. The number of carboxylic acid groups (broad SMARTS) is 2. The summed E-state index contributed by atoms with van der Waals surface area (Å²) in [7, 11) is 0. The molecule has 4 rings (SSSR count). The molecule has 2 amide bonds. The van der Waals surface area contributed by atoms with Crippen molar-refractivity contribution in [1.29, 1.82) is 0 Å². The number of carboxylic acids is 2. The van der Waals surface area contributed by atoms with Crippen LogP contribution in [0.3, 0.4) is 0 Å². The van der Waals surface area contributed by atoms with Crippen molar-refractivity contribution in [2.45, 2.75) is 60.3 Å². The van der Waals surface area contributed by atoms with Crippen LogP contribution in [0.5, 0.6) is 0 Å². The number of aromatic amines is 2. The molecular weight excluding hydrogens is 548 g/mol. The lowest BCUT2D eigenvalue weighted by Crippen LogP contribution is -2.23. The summed E-state index contributed by atoms with van der Waals surface area (Å²) in [6, 6.07) is 0. The maximum Gasteiger partial charge on any atom is 0.277 e. The third-order valence-corrected chi connectivity index (χ3v) is 8.10. The second kappa shape index (κ2) is 12.5. The van der Waals surface area contributed by atoms with Crippen LogP contribution in [0.25, 0.3) is 18.2 Å². The van der Waals surface area contributed by atoms with Crippen molar-refractivity contribution >= 4 is 47.7 Å². The highest BCUT2D eigenvalue weighted by molar-refractivity contribution is 6.31. The summed E-state index contributed by atoms with van der Waals surface area (Å²) in [6.07, 6.45) is 8.73. The molecule has 2 aliphatic rings. The first kappa shape index (κ1) is 31.0. The lowest BCUT2D eigenvalue weighted by Gasteiger charge is -2.05. The average molecular weight is 583 g/mol. The zero-order valence-electron chi connectivity index (χ0n) is 24.9. The molecule has 0 bridgehead atoms. The number of carbonyl (C=O) groups is 4. The van der Waals surface area contributed by atoms with E-state index in [-0.39, 0.29) is 43.4 Å². The molecule has 4 heterocycles. The predicted octanol–water partition coefficient (Wildman–Crippen LogP) is 0.471. The zero-order chi connectivity index (χ0) is 31.6. The molecule has 2 aliphatic heterocycles. The quantitative estimate of drug-likeness (QED) is 0.368. The fourth-order valence-corrected chi connectivity index (χ4v) is 5.56. The number of H-pyrrole nitrogens is 2. The zero-order valence-corrected chi connectivity index (χ0v) is 24.9. The normalized spacial score (nSPS) is 19.7. The first-order valence-corrected chi connectivity index (χ1v) is 14.0. The molecule has 224 valence electrons. The van der Waals surface area contributed by atoms with E-state index < -0.39 is 11.9 Å². The molecule has 2 aromatic rings. The Morgan fingerprint density at radius 1 is 0.907 bits per heavy atom. The van der Waals surface area contributed by atoms with E-state index >= 15 is 0 Å². The van der Waals surface area contributed by atoms with Gasteiger partial charge in [0.15, 0.2) is 0 Å². The number of aromatic nitrogens is 2. The first-order valence-electron chi connectivity index (χ1n) is 14.0. The van der Waals surface area contributed by atoms with E-state index in [0.717, 1.165) is 27.8 Å². The fourth-order valence-electron chi connectivity index (χ4n) is 5.56. The summed E-state index contributed by atoms with van der Waals surface area (Å²) >= 11 is 0. The number of rotatable bonds is 10. The molecule has 10 nitrogen and oxygen atoms in total. The molecule has 0 spiro atoms. The number of hydrogen-bond donors (Lipinski definition) is 3. The molecule has 1 atom stereocenters. The van der Waals surface area contributed by atoms with Gasteiger partial charge in [0.2, 0.25) is 5.91 Å². The molecule has 1 fully saturated rings. The number of aliphatic imine (C=N–C) groups is 1. The Morgan fingerprint density at radius 3 is 2.14 bits per heavy atom. The van der Waals surface area contributed by atoms with Gasteiger partial charge in [-0.1, -0.05) is 18.7 Å². The average Bonchev–Trinajstić information content (AvgIpc) is 3.59. The van der Waals surface area contributed by atoms with Gasteiger partial charge in [-0.25, -0.2) is 4.99 Å². The molecule has 10 heteroatoms. The van der Waals surface area contributed by atoms with Crippen LogP contribution in [0.15, 0.2) is 46.1 Å². The van der Waals surface area contributed by atoms with Gasteiger partial charge in [-0.05, 0) is 112 Å². The van der Waals surface area contributed by atoms with E-state index in [9.17, 15) is 29.4 Å². The molecule has 0 aliphatic carbocycles. The summed E-state index contributed by atoms with van der Waals surface area (Å²) in [5.74, 6) is -3.14. The van der Waals surface area contributed by atoms with E-state index in [4.69, 9.17) is 0 Å². The molecule has 0 saturated carbocycles. The van der Waals surface area contributed by atoms with Crippen LogP contribution in [-0.2, 0) is 32.0 Å². The van der Waals surface area contributed by atoms with Gasteiger partial charge < -0.3 is 35.1 Å². The molecule has 2 aromatic heterocycles. The molecule has 3 N–H and O–H groups in total. The highest BCUT2D eigenvalue weighted by Crippen LogP contribution is 2.29. The van der Waals surface area contributed by atoms with Crippen LogP contribution in [0.1, 0.15) is 67.3 Å². The summed E-state index contributed by atoms with van der Waals surface area (Å²) < 4.78 is 0. The van der Waals surface area contributed by atoms with Crippen LogP contribution in [0.2, 0.25) is 0 Å². The number of hydrogen-bond acceptors (Lipinski definition) is 6. The van der Waals surface area contributed by atoms with Crippen LogP contribution in [-0.4, -0.2) is 39.4 Å². The van der Waals surface area contributed by atoms with Crippen LogP contribution in [0, 0.1) is 19.8 Å². The van der Waals surface area contributed by atoms with Gasteiger partial charge in [0.05, 0.1) is 11.6 Å². The van der Waals surface area contributed by atoms with Gasteiger partial charge in [0.1, 0.15) is 0 Å². The third kappa shape index (κ3) is 6.28. The Bertz CT molecular complexity index is 1810. The van der Waals surface area contributed by atoms with Gasteiger partial charge in [-0.15, -0.1) is 0 Å². The maximum atomic E-state index is 12.3. The van der Waals surface area contributed by atoms with Gasteiger partial charge in [-0.2, -0.15) is 0 Å². The summed E-state index contributed by atoms with van der Waals surface area (Å²) in [5, 5.41) is 26.9. The second-order valence-electron chi connectivity index (χ2n) is 10.7. The molecule has 1 saturated heterocycles. The monoisotopic (exact) mass is 582 g/mol. The minimum absolute atomic E-state index is 0.102. The van der Waals surface area contributed by atoms with E-state index in [2.05, 4.69) is 26.9 Å². The standard InChI is InChI=1S/C33H36N4O6/c1-7-20-19(6)32(42)37-27(20)14-25-18(5)23(10-12-31(40)41)29(35-25)15-28-22(9-11-30(38)39)17(4)24(34-28)13-26-16(3)21(8-2)33(43)36-26/h7-8,13-15,19,34-35H,2,9-12H2,1,3-6H3,(H,37,42)(H,38,39)(H,40,41)/p-2/b20-7+,24-13+,27-14-,28-15-. The largest absolute Gasteiger partial charge is 0.550 e. The van der Waals surface area contributed by atoms with Crippen molar-refractivity contribution in [2.75, 3.05) is 0 Å². The highest BCUT2D eigenvalue weighted by atomic mass is 16.4. The number of nitrogens with zero attached hydrogens (tertiary/aromatic N) is 1. The van der Waals surface area contributed by atoms with Gasteiger partial charge >= 0.3 is 0 Å². The number of aliphatic carboxylic acids is 2. The van der Waals surface area contributed by atoms with Crippen LogP contribution < -0.4 is 26.2 Å². The minimum atomic E-state index is -1.19. The Balaban J connectivity index is 1.91. The highest BCUT2D eigenvalue weighted by Gasteiger charge is 2.29. The molecule has 0 aromatic carbocycles. The van der Waals surface area contributed by atoms with Gasteiger partial charge in [-0.3, -0.25) is 9.59 Å². The minimum Gasteiger partial charge on any atom is -0.550 e. The molecular formula is C33H34N4O6-2. The van der Waals surface area contributed by atoms with E-state index in [0.29, 0.717) is 44.6 Å². The fraction of sp³-hybridized carbons (Fsp3) is 0.303. The van der Waals surface area contributed by atoms with Gasteiger partial charge in [0, 0.05) is 45.3 Å². The van der Waals surface area contributed by atoms with Crippen LogP contribution >= 0.6 is 0 Å². The lowest BCUT2D eigenvalue weighted by molar-refractivity contribution is -0.307. The van der Waals surface area contributed by atoms with Crippen molar-refractivity contribution in [2.24, 2.45) is 10.9 Å².